The second-order valence-corrected chi connectivity index (χ2v) is 8.90. The predicted octanol–water partition coefficient (Wildman–Crippen LogP) is 1.82. The van der Waals surface area contributed by atoms with Crippen molar-refractivity contribution in [1.29, 1.82) is 0 Å². The van der Waals surface area contributed by atoms with E-state index >= 15 is 0 Å². The number of hydrogen-bond donors (Lipinski definition) is 3. The Kier molecular flexibility index (Phi) is 5.53. The van der Waals surface area contributed by atoms with Crippen LogP contribution in [-0.2, 0) is 28.2 Å². The first kappa shape index (κ1) is 20.8. The quantitative estimate of drug-likeness (QED) is 0.627. The third-order valence-corrected chi connectivity index (χ3v) is 7.04. The highest BCUT2D eigenvalue weighted by molar-refractivity contribution is 6.06. The van der Waals surface area contributed by atoms with Gasteiger partial charge in [0.2, 0.25) is 11.8 Å². The van der Waals surface area contributed by atoms with Gasteiger partial charge in [0.1, 0.15) is 6.04 Å². The van der Waals surface area contributed by atoms with Crippen LogP contribution < -0.4 is 16.0 Å². The van der Waals surface area contributed by atoms with Crippen LogP contribution in [0.25, 0.3) is 0 Å². The molecule has 3 aliphatic heterocycles. The number of amides is 3. The van der Waals surface area contributed by atoms with Crippen molar-refractivity contribution < 1.29 is 14.4 Å². The van der Waals surface area contributed by atoms with Crippen LogP contribution in [0.3, 0.4) is 0 Å². The molecule has 3 N–H and O–H groups in total. The standard InChI is InChI=1S/C25H28N4O3/c30-21-10-9-20(23(31)28-21)29-16-18-6-4-5-17(22(18)24(29)32)15-27-25(11-13-26-14-12-25)19-7-2-1-3-8-19/h1-8,20,26-27H,9-16H2,(H,28,30,31). The Hall–Kier alpha value is -3.03. The summed E-state index contributed by atoms with van der Waals surface area (Å²) in [5.41, 5.74) is 3.72. The van der Waals surface area contributed by atoms with E-state index in [9.17, 15) is 14.4 Å². The Balaban J connectivity index is 1.38. The zero-order valence-electron chi connectivity index (χ0n) is 18.0. The molecule has 1 unspecified atom stereocenters. The third-order valence-electron chi connectivity index (χ3n) is 7.04. The SMILES string of the molecule is O=C1CCC(N2Cc3cccc(CNC4(c5ccccc5)CCNCC4)c3C2=O)C(=O)N1. The number of carbonyl (C=O) groups excluding carboxylic acids is 3. The van der Waals surface area contributed by atoms with Crippen LogP contribution in [0.5, 0.6) is 0 Å². The topological polar surface area (TPSA) is 90.5 Å². The first-order chi connectivity index (χ1) is 15.6. The molecule has 0 bridgehead atoms. The fraction of sp³-hybridized carbons (Fsp3) is 0.400. The van der Waals surface area contributed by atoms with Crippen molar-refractivity contribution in [3.8, 4) is 0 Å². The Morgan fingerprint density at radius 1 is 1.00 bits per heavy atom. The van der Waals surface area contributed by atoms with Crippen molar-refractivity contribution in [2.24, 2.45) is 0 Å². The van der Waals surface area contributed by atoms with Gasteiger partial charge in [-0.15, -0.1) is 0 Å². The number of imide groups is 1. The van der Waals surface area contributed by atoms with Crippen LogP contribution in [0.4, 0.5) is 0 Å². The summed E-state index contributed by atoms with van der Waals surface area (Å²) in [5.74, 6) is -0.765. The molecule has 3 amide bonds. The average Bonchev–Trinajstić information content (AvgIpc) is 3.16. The summed E-state index contributed by atoms with van der Waals surface area (Å²) in [5, 5.41) is 9.60. The minimum Gasteiger partial charge on any atom is -0.322 e. The average molecular weight is 433 g/mol. The minimum absolute atomic E-state index is 0.119. The fourth-order valence-electron chi connectivity index (χ4n) is 5.28. The van der Waals surface area contributed by atoms with Gasteiger partial charge in [-0.1, -0.05) is 48.5 Å². The lowest BCUT2D eigenvalue weighted by molar-refractivity contribution is -0.136. The zero-order valence-corrected chi connectivity index (χ0v) is 18.0. The van der Waals surface area contributed by atoms with E-state index in [1.54, 1.807) is 4.90 Å². The number of fused-ring (bicyclic) bond motifs is 1. The van der Waals surface area contributed by atoms with Gasteiger partial charge in [-0.2, -0.15) is 0 Å². The van der Waals surface area contributed by atoms with Crippen LogP contribution in [0.15, 0.2) is 48.5 Å². The lowest BCUT2D eigenvalue weighted by Crippen LogP contribution is -2.52. The van der Waals surface area contributed by atoms with Crippen molar-refractivity contribution in [3.05, 3.63) is 70.8 Å². The number of nitrogens with zero attached hydrogens (tertiary/aromatic N) is 1. The normalized spacial score (nSPS) is 22.6. The van der Waals surface area contributed by atoms with E-state index in [2.05, 4.69) is 40.2 Å². The highest BCUT2D eigenvalue weighted by atomic mass is 16.2. The first-order valence-corrected chi connectivity index (χ1v) is 11.3. The highest BCUT2D eigenvalue weighted by Gasteiger charge is 2.40. The number of rotatable bonds is 5. The van der Waals surface area contributed by atoms with E-state index in [0.29, 0.717) is 25.1 Å². The van der Waals surface area contributed by atoms with Crippen LogP contribution >= 0.6 is 0 Å². The Morgan fingerprint density at radius 2 is 1.78 bits per heavy atom. The van der Waals surface area contributed by atoms with Gasteiger partial charge in [-0.25, -0.2) is 0 Å². The molecule has 2 saturated heterocycles. The monoisotopic (exact) mass is 432 g/mol. The summed E-state index contributed by atoms with van der Waals surface area (Å²) in [4.78, 5) is 38.9. The number of hydrogen-bond acceptors (Lipinski definition) is 5. The van der Waals surface area contributed by atoms with Gasteiger partial charge in [0.05, 0.1) is 0 Å². The van der Waals surface area contributed by atoms with Gasteiger partial charge in [0.15, 0.2) is 0 Å². The number of nitrogens with one attached hydrogen (secondary N) is 3. The molecule has 0 radical (unpaired) electrons. The van der Waals surface area contributed by atoms with Crippen molar-refractivity contribution >= 4 is 17.7 Å². The van der Waals surface area contributed by atoms with Crippen LogP contribution in [-0.4, -0.2) is 41.8 Å². The lowest BCUT2D eigenvalue weighted by Gasteiger charge is -2.39. The smallest absolute Gasteiger partial charge is 0.255 e. The first-order valence-electron chi connectivity index (χ1n) is 11.3. The summed E-state index contributed by atoms with van der Waals surface area (Å²) >= 11 is 0. The lowest BCUT2D eigenvalue weighted by atomic mass is 9.81. The number of benzene rings is 2. The molecule has 1 atom stereocenters. The third kappa shape index (κ3) is 3.72. The molecule has 32 heavy (non-hydrogen) atoms. The molecule has 3 aliphatic rings. The summed E-state index contributed by atoms with van der Waals surface area (Å²) in [7, 11) is 0. The molecule has 3 heterocycles. The van der Waals surface area contributed by atoms with E-state index in [4.69, 9.17) is 0 Å². The summed E-state index contributed by atoms with van der Waals surface area (Å²) in [6.07, 6.45) is 2.59. The molecule has 2 aromatic rings. The molecule has 0 aromatic heterocycles. The van der Waals surface area contributed by atoms with Gasteiger partial charge < -0.3 is 15.5 Å². The Labute approximate surface area is 187 Å². The highest BCUT2D eigenvalue weighted by Crippen LogP contribution is 2.33. The second kappa shape index (κ2) is 8.48. The molecular formula is C25H28N4O3. The molecule has 166 valence electrons. The molecule has 7 nitrogen and oxygen atoms in total. The van der Waals surface area contributed by atoms with Gasteiger partial charge in [-0.05, 0) is 49.0 Å². The summed E-state index contributed by atoms with van der Waals surface area (Å²) < 4.78 is 0. The van der Waals surface area contributed by atoms with Gasteiger partial charge in [0.25, 0.3) is 5.91 Å². The maximum atomic E-state index is 13.4. The fourth-order valence-corrected chi connectivity index (χ4v) is 5.28. The van der Waals surface area contributed by atoms with E-state index in [-0.39, 0.29) is 29.7 Å². The van der Waals surface area contributed by atoms with Crippen LogP contribution in [0.2, 0.25) is 0 Å². The van der Waals surface area contributed by atoms with Crippen molar-refractivity contribution in [2.45, 2.75) is 50.4 Å². The molecular weight excluding hydrogens is 404 g/mol. The van der Waals surface area contributed by atoms with Gasteiger partial charge in [0, 0.05) is 30.6 Å². The van der Waals surface area contributed by atoms with Crippen molar-refractivity contribution in [2.75, 3.05) is 13.1 Å². The summed E-state index contributed by atoms with van der Waals surface area (Å²) in [6, 6.07) is 15.9. The van der Waals surface area contributed by atoms with E-state index in [1.165, 1.54) is 5.56 Å². The van der Waals surface area contributed by atoms with Gasteiger partial charge >= 0.3 is 0 Å². The predicted molar refractivity (Wildman–Crippen MR) is 120 cm³/mol. The zero-order chi connectivity index (χ0) is 22.1. The maximum absolute atomic E-state index is 13.4. The Bertz CT molecular complexity index is 1050. The molecule has 2 fully saturated rings. The minimum atomic E-state index is -0.589. The molecule has 0 spiro atoms. The number of piperidine rings is 2. The van der Waals surface area contributed by atoms with Crippen molar-refractivity contribution in [3.63, 3.8) is 0 Å². The van der Waals surface area contributed by atoms with E-state index in [1.807, 2.05) is 24.3 Å². The van der Waals surface area contributed by atoms with Gasteiger partial charge in [-0.3, -0.25) is 19.7 Å². The summed E-state index contributed by atoms with van der Waals surface area (Å²) in [6.45, 7) is 2.86. The molecule has 2 aromatic carbocycles. The maximum Gasteiger partial charge on any atom is 0.255 e. The van der Waals surface area contributed by atoms with E-state index < -0.39 is 6.04 Å². The molecule has 5 rings (SSSR count). The largest absolute Gasteiger partial charge is 0.322 e. The van der Waals surface area contributed by atoms with Crippen molar-refractivity contribution in [1.82, 2.24) is 20.9 Å². The molecule has 7 heteroatoms. The Morgan fingerprint density at radius 3 is 2.53 bits per heavy atom. The van der Waals surface area contributed by atoms with Crippen LogP contribution in [0.1, 0.15) is 52.7 Å². The molecule has 0 saturated carbocycles. The second-order valence-electron chi connectivity index (χ2n) is 8.90. The van der Waals surface area contributed by atoms with Crippen LogP contribution in [0, 0.1) is 0 Å². The number of carbonyl (C=O) groups is 3. The van der Waals surface area contributed by atoms with E-state index in [0.717, 1.165) is 37.1 Å². The molecule has 0 aliphatic carbocycles.